The van der Waals surface area contributed by atoms with Crippen molar-refractivity contribution in [3.8, 4) is 10.4 Å². The molecule has 1 amide bonds. The summed E-state index contributed by atoms with van der Waals surface area (Å²) in [4.78, 5) is 33.3. The molecule has 0 N–H and O–H groups in total. The monoisotopic (exact) mass is 393 g/mol. The van der Waals surface area contributed by atoms with Crippen molar-refractivity contribution in [2.75, 3.05) is 14.1 Å². The van der Waals surface area contributed by atoms with Gasteiger partial charge in [0.1, 0.15) is 4.83 Å². The molecule has 132 valence electrons. The highest BCUT2D eigenvalue weighted by molar-refractivity contribution is 8.00. The Kier molecular flexibility index (Phi) is 5.31. The van der Waals surface area contributed by atoms with Crippen LogP contribution in [0.5, 0.6) is 0 Å². The summed E-state index contributed by atoms with van der Waals surface area (Å²) in [6, 6.07) is 4.00. The normalized spacial score (nSPS) is 12.5. The molecule has 3 aromatic rings. The van der Waals surface area contributed by atoms with Gasteiger partial charge in [-0.1, -0.05) is 17.8 Å². The molecule has 0 saturated heterocycles. The number of amides is 1. The molecular weight excluding hydrogens is 374 g/mol. The average Bonchev–Trinajstić information content (AvgIpc) is 3.23. The highest BCUT2D eigenvalue weighted by Gasteiger charge is 2.22. The Morgan fingerprint density at radius 1 is 1.40 bits per heavy atom. The number of hydrogen-bond acceptors (Lipinski definition) is 6. The lowest BCUT2D eigenvalue weighted by Gasteiger charge is -2.17. The van der Waals surface area contributed by atoms with Crippen molar-refractivity contribution in [2.24, 2.45) is 0 Å². The van der Waals surface area contributed by atoms with Gasteiger partial charge < -0.3 is 4.90 Å². The van der Waals surface area contributed by atoms with Crippen LogP contribution in [-0.4, -0.2) is 39.7 Å². The molecule has 3 rings (SSSR count). The van der Waals surface area contributed by atoms with E-state index in [1.165, 1.54) is 23.1 Å². The van der Waals surface area contributed by atoms with Crippen molar-refractivity contribution in [2.45, 2.75) is 30.8 Å². The maximum absolute atomic E-state index is 13.1. The Morgan fingerprint density at radius 2 is 2.16 bits per heavy atom. The molecule has 0 spiro atoms. The summed E-state index contributed by atoms with van der Waals surface area (Å²) in [5, 5.41) is 4.97. The van der Waals surface area contributed by atoms with E-state index in [0.717, 1.165) is 15.3 Å². The van der Waals surface area contributed by atoms with Crippen LogP contribution in [0.25, 0.3) is 20.7 Å². The molecule has 0 aliphatic rings. The van der Waals surface area contributed by atoms with Crippen molar-refractivity contribution in [3.05, 3.63) is 33.2 Å². The summed E-state index contributed by atoms with van der Waals surface area (Å²) in [5.74, 6) is 0.00690. The molecule has 0 radical (unpaired) electrons. The molecule has 5 nitrogen and oxygen atoms in total. The zero-order valence-corrected chi connectivity index (χ0v) is 16.9. The minimum absolute atomic E-state index is 0.00690. The number of carbonyl (C=O) groups is 1. The van der Waals surface area contributed by atoms with Crippen LogP contribution in [0.4, 0.5) is 0 Å². The van der Waals surface area contributed by atoms with Crippen LogP contribution in [0.2, 0.25) is 0 Å². The predicted octanol–water partition coefficient (Wildman–Crippen LogP) is 3.78. The van der Waals surface area contributed by atoms with Crippen LogP contribution in [-0.2, 0) is 11.3 Å². The average molecular weight is 394 g/mol. The van der Waals surface area contributed by atoms with Gasteiger partial charge in [0.05, 0.1) is 10.6 Å². The van der Waals surface area contributed by atoms with Crippen LogP contribution in [0.15, 0.2) is 32.8 Å². The Hall–Kier alpha value is -1.64. The number of aromatic nitrogens is 2. The Bertz CT molecular complexity index is 958. The first-order chi connectivity index (χ1) is 11.9. The van der Waals surface area contributed by atoms with Crippen molar-refractivity contribution in [1.29, 1.82) is 0 Å². The third-order valence-electron chi connectivity index (χ3n) is 3.83. The first kappa shape index (κ1) is 18.2. The van der Waals surface area contributed by atoms with Crippen molar-refractivity contribution < 1.29 is 4.79 Å². The first-order valence-corrected chi connectivity index (χ1v) is 10.5. The first-order valence-electron chi connectivity index (χ1n) is 7.87. The van der Waals surface area contributed by atoms with E-state index in [-0.39, 0.29) is 16.7 Å². The zero-order valence-electron chi connectivity index (χ0n) is 14.5. The van der Waals surface area contributed by atoms with Gasteiger partial charge in [0.15, 0.2) is 5.16 Å². The number of hydrogen-bond donors (Lipinski definition) is 0. The molecule has 0 fully saturated rings. The zero-order chi connectivity index (χ0) is 18.1. The quantitative estimate of drug-likeness (QED) is 0.489. The number of thiophene rings is 2. The molecule has 0 aliphatic heterocycles. The number of nitrogens with zero attached hydrogens (tertiary/aromatic N) is 3. The summed E-state index contributed by atoms with van der Waals surface area (Å²) in [7, 11) is 3.46. The van der Waals surface area contributed by atoms with Crippen LogP contribution in [0, 0.1) is 0 Å². The smallest absolute Gasteiger partial charge is 0.263 e. The fraction of sp³-hybridized carbons (Fsp3) is 0.353. The van der Waals surface area contributed by atoms with Crippen LogP contribution in [0.3, 0.4) is 0 Å². The van der Waals surface area contributed by atoms with Gasteiger partial charge in [-0.05, 0) is 25.3 Å². The molecular formula is C17H19N3O2S3. The standard InChI is InChI=1S/C17H19N3O2S3/c1-5-20-16(22)13-11(12-7-6-8-23-12)9-24-14(13)18-17(20)25-10(2)15(21)19(3)4/h6-10H,5H2,1-4H3/t10-/m1/s1. The predicted molar refractivity (Wildman–Crippen MR) is 107 cm³/mol. The molecule has 0 saturated carbocycles. The summed E-state index contributed by atoms with van der Waals surface area (Å²) in [5.41, 5.74) is 0.910. The largest absolute Gasteiger partial charge is 0.348 e. The van der Waals surface area contributed by atoms with Gasteiger partial charge in [0.25, 0.3) is 5.56 Å². The summed E-state index contributed by atoms with van der Waals surface area (Å²) >= 11 is 4.43. The molecule has 0 aromatic carbocycles. The van der Waals surface area contributed by atoms with E-state index in [1.54, 1.807) is 34.9 Å². The van der Waals surface area contributed by atoms with Crippen LogP contribution < -0.4 is 5.56 Å². The minimum Gasteiger partial charge on any atom is -0.348 e. The second kappa shape index (κ2) is 7.31. The fourth-order valence-corrected chi connectivity index (χ4v) is 5.48. The Morgan fingerprint density at radius 3 is 2.76 bits per heavy atom. The van der Waals surface area contributed by atoms with Gasteiger partial charge in [-0.3, -0.25) is 14.2 Å². The van der Waals surface area contributed by atoms with E-state index in [9.17, 15) is 9.59 Å². The molecule has 25 heavy (non-hydrogen) atoms. The number of fused-ring (bicyclic) bond motifs is 1. The van der Waals surface area contributed by atoms with Crippen LogP contribution in [0.1, 0.15) is 13.8 Å². The lowest BCUT2D eigenvalue weighted by molar-refractivity contribution is -0.127. The number of rotatable bonds is 5. The third kappa shape index (κ3) is 3.38. The molecule has 3 aromatic heterocycles. The second-order valence-electron chi connectivity index (χ2n) is 5.74. The Balaban J connectivity index is 2.10. The van der Waals surface area contributed by atoms with E-state index in [4.69, 9.17) is 4.98 Å². The minimum atomic E-state index is -0.297. The van der Waals surface area contributed by atoms with Gasteiger partial charge in [0.2, 0.25) is 5.91 Å². The maximum Gasteiger partial charge on any atom is 0.263 e. The van der Waals surface area contributed by atoms with Crippen LogP contribution >= 0.6 is 34.4 Å². The Labute approximate surface area is 158 Å². The summed E-state index contributed by atoms with van der Waals surface area (Å²) in [6.07, 6.45) is 0. The highest BCUT2D eigenvalue weighted by atomic mass is 32.2. The lowest BCUT2D eigenvalue weighted by atomic mass is 10.2. The molecule has 0 bridgehead atoms. The number of thioether (sulfide) groups is 1. The topological polar surface area (TPSA) is 55.2 Å². The summed E-state index contributed by atoms with van der Waals surface area (Å²) in [6.45, 7) is 4.29. The van der Waals surface area contributed by atoms with Gasteiger partial charge >= 0.3 is 0 Å². The van der Waals surface area contributed by atoms with E-state index in [2.05, 4.69) is 0 Å². The van der Waals surface area contributed by atoms with Crippen molar-refractivity contribution in [3.63, 3.8) is 0 Å². The highest BCUT2D eigenvalue weighted by Crippen LogP contribution is 2.35. The molecule has 3 heterocycles. The van der Waals surface area contributed by atoms with Gasteiger partial charge in [-0.25, -0.2) is 4.98 Å². The van der Waals surface area contributed by atoms with Crippen molar-refractivity contribution >= 4 is 50.6 Å². The van der Waals surface area contributed by atoms with Gasteiger partial charge in [-0.2, -0.15) is 0 Å². The van der Waals surface area contributed by atoms with E-state index in [0.29, 0.717) is 17.1 Å². The lowest BCUT2D eigenvalue weighted by Crippen LogP contribution is -2.31. The van der Waals surface area contributed by atoms with E-state index < -0.39 is 0 Å². The van der Waals surface area contributed by atoms with E-state index >= 15 is 0 Å². The summed E-state index contributed by atoms with van der Waals surface area (Å²) < 4.78 is 1.66. The molecule has 0 unspecified atom stereocenters. The SMILES string of the molecule is CCn1c(S[C@H](C)C(=O)N(C)C)nc2scc(-c3cccs3)c2c1=O. The molecule has 0 aliphatic carbocycles. The molecule has 1 atom stereocenters. The van der Waals surface area contributed by atoms with Gasteiger partial charge in [-0.15, -0.1) is 22.7 Å². The fourth-order valence-electron chi connectivity index (χ4n) is 2.56. The van der Waals surface area contributed by atoms with Gasteiger partial charge in [0, 0.05) is 36.5 Å². The third-order valence-corrected chi connectivity index (χ3v) is 6.69. The molecule has 8 heteroatoms. The maximum atomic E-state index is 13.1. The van der Waals surface area contributed by atoms with E-state index in [1.807, 2.05) is 36.7 Å². The van der Waals surface area contributed by atoms with Crippen molar-refractivity contribution in [1.82, 2.24) is 14.5 Å². The number of carbonyl (C=O) groups excluding carboxylic acids is 1. The second-order valence-corrected chi connectivity index (χ2v) is 8.86.